The molecule has 1 saturated heterocycles. The number of amides is 1. The number of nitrogens with zero attached hydrogens (tertiary/aromatic N) is 2. The number of aromatic nitrogens is 1. The Morgan fingerprint density at radius 2 is 1.83 bits per heavy atom. The van der Waals surface area contributed by atoms with Crippen molar-refractivity contribution in [3.05, 3.63) is 71.2 Å². The van der Waals surface area contributed by atoms with Gasteiger partial charge < -0.3 is 5.32 Å². The second-order valence-electron chi connectivity index (χ2n) is 7.60. The fraction of sp³-hybridized carbons (Fsp3) is 0.333. The predicted octanol–water partition coefficient (Wildman–Crippen LogP) is 5.22. The molecule has 0 radical (unpaired) electrons. The summed E-state index contributed by atoms with van der Waals surface area (Å²) in [5, 5.41) is 6.28. The maximum Gasteiger partial charge on any atom is 0.227 e. The van der Waals surface area contributed by atoms with E-state index in [9.17, 15) is 4.79 Å². The Balaban J connectivity index is 1.28. The van der Waals surface area contributed by atoms with Crippen molar-refractivity contribution in [2.75, 3.05) is 18.4 Å². The summed E-state index contributed by atoms with van der Waals surface area (Å²) >= 11 is 1.71. The third kappa shape index (κ3) is 5.11. The van der Waals surface area contributed by atoms with Crippen molar-refractivity contribution < 1.29 is 4.79 Å². The maximum atomic E-state index is 12.5. The molecule has 0 atom stereocenters. The molecule has 2 heterocycles. The fourth-order valence-corrected chi connectivity index (χ4v) is 4.56. The molecule has 0 saturated carbocycles. The van der Waals surface area contributed by atoms with Crippen LogP contribution in [0.15, 0.2) is 60.0 Å². The molecule has 1 amide bonds. The average molecular weight is 406 g/mol. The third-order valence-corrected chi connectivity index (χ3v) is 6.49. The van der Waals surface area contributed by atoms with E-state index >= 15 is 0 Å². The normalized spacial score (nSPS) is 15.3. The second kappa shape index (κ2) is 9.33. The number of piperidine rings is 1. The molecule has 150 valence electrons. The minimum atomic E-state index is 0.0922. The van der Waals surface area contributed by atoms with Crippen LogP contribution in [0.25, 0.3) is 10.6 Å². The first kappa shape index (κ1) is 19.8. The summed E-state index contributed by atoms with van der Waals surface area (Å²) in [5.74, 6) is 0.233. The Bertz CT molecular complexity index is 928. The smallest absolute Gasteiger partial charge is 0.227 e. The minimum absolute atomic E-state index is 0.0922. The van der Waals surface area contributed by atoms with Crippen molar-refractivity contribution in [3.63, 3.8) is 0 Å². The molecule has 1 aromatic heterocycles. The van der Waals surface area contributed by atoms with Gasteiger partial charge in [0, 0.05) is 29.1 Å². The minimum Gasteiger partial charge on any atom is -0.326 e. The molecular formula is C24H27N3OS. The second-order valence-corrected chi connectivity index (χ2v) is 8.46. The molecule has 0 unspecified atom stereocenters. The summed E-state index contributed by atoms with van der Waals surface area (Å²) in [6.45, 7) is 4.90. The van der Waals surface area contributed by atoms with Gasteiger partial charge in [-0.2, -0.15) is 0 Å². The van der Waals surface area contributed by atoms with Gasteiger partial charge in [-0.1, -0.05) is 49.4 Å². The summed E-state index contributed by atoms with van der Waals surface area (Å²) in [6, 6.07) is 18.4. The lowest BCUT2D eigenvalue weighted by atomic mass is 9.95. The molecule has 3 aromatic rings. The van der Waals surface area contributed by atoms with Gasteiger partial charge in [0.05, 0.1) is 5.69 Å². The van der Waals surface area contributed by atoms with Gasteiger partial charge in [0.2, 0.25) is 5.91 Å². The molecular weight excluding hydrogens is 378 g/mol. The van der Waals surface area contributed by atoms with E-state index in [-0.39, 0.29) is 11.8 Å². The van der Waals surface area contributed by atoms with Gasteiger partial charge in [0.1, 0.15) is 5.01 Å². The van der Waals surface area contributed by atoms with E-state index < -0.39 is 0 Å². The van der Waals surface area contributed by atoms with E-state index in [0.717, 1.165) is 55.3 Å². The third-order valence-electron chi connectivity index (χ3n) is 5.55. The number of nitrogens with one attached hydrogen (secondary N) is 1. The van der Waals surface area contributed by atoms with Gasteiger partial charge in [-0.05, 0) is 50.0 Å². The molecule has 0 bridgehead atoms. The van der Waals surface area contributed by atoms with Crippen molar-refractivity contribution in [1.82, 2.24) is 9.88 Å². The zero-order valence-electron chi connectivity index (χ0n) is 16.8. The Labute approximate surface area is 176 Å². The molecule has 29 heavy (non-hydrogen) atoms. The number of hydrogen-bond donors (Lipinski definition) is 1. The van der Waals surface area contributed by atoms with Crippen LogP contribution in [0.2, 0.25) is 0 Å². The van der Waals surface area contributed by atoms with Crippen LogP contribution in [0.4, 0.5) is 5.69 Å². The zero-order chi connectivity index (χ0) is 20.1. The van der Waals surface area contributed by atoms with Gasteiger partial charge >= 0.3 is 0 Å². The van der Waals surface area contributed by atoms with Crippen LogP contribution in [-0.2, 0) is 17.8 Å². The van der Waals surface area contributed by atoms with Crippen molar-refractivity contribution in [2.45, 2.75) is 32.7 Å². The first-order valence-electron chi connectivity index (χ1n) is 10.3. The number of anilines is 1. The number of benzene rings is 2. The topological polar surface area (TPSA) is 45.2 Å². The lowest BCUT2D eigenvalue weighted by Gasteiger charge is -2.30. The standard InChI is InChI=1S/C24H27N3OS/c1-2-18-8-10-20(11-9-18)24-26-22(17-29-24)16-27-14-12-19(13-15-27)23(28)25-21-6-4-3-5-7-21/h3-11,17,19H,2,12-16H2,1H3,(H,25,28). The Morgan fingerprint density at radius 3 is 2.52 bits per heavy atom. The number of thiazole rings is 1. The zero-order valence-corrected chi connectivity index (χ0v) is 17.6. The van der Waals surface area contributed by atoms with E-state index in [1.165, 1.54) is 11.1 Å². The Morgan fingerprint density at radius 1 is 1.10 bits per heavy atom. The van der Waals surface area contributed by atoms with Crippen molar-refractivity contribution >= 4 is 22.9 Å². The number of likely N-dealkylation sites (tertiary alicyclic amines) is 1. The highest BCUT2D eigenvalue weighted by molar-refractivity contribution is 7.13. The Hall–Kier alpha value is -2.50. The van der Waals surface area contributed by atoms with Crippen LogP contribution in [-0.4, -0.2) is 28.9 Å². The van der Waals surface area contributed by atoms with Crippen molar-refractivity contribution in [2.24, 2.45) is 5.92 Å². The molecule has 1 aliphatic rings. The first-order chi connectivity index (χ1) is 14.2. The van der Waals surface area contributed by atoms with E-state index in [2.05, 4.69) is 46.8 Å². The highest BCUT2D eigenvalue weighted by atomic mass is 32.1. The van der Waals surface area contributed by atoms with Crippen LogP contribution in [0.1, 0.15) is 31.0 Å². The first-order valence-corrected chi connectivity index (χ1v) is 11.2. The fourth-order valence-electron chi connectivity index (χ4n) is 3.74. The van der Waals surface area contributed by atoms with Crippen LogP contribution in [0, 0.1) is 5.92 Å². The van der Waals surface area contributed by atoms with E-state index in [0.29, 0.717) is 0 Å². The monoisotopic (exact) mass is 405 g/mol. The number of hydrogen-bond acceptors (Lipinski definition) is 4. The number of para-hydroxylation sites is 1. The molecule has 1 N–H and O–H groups in total. The summed E-state index contributed by atoms with van der Waals surface area (Å²) in [7, 11) is 0. The molecule has 4 rings (SSSR count). The van der Waals surface area contributed by atoms with Crippen LogP contribution < -0.4 is 5.32 Å². The van der Waals surface area contributed by atoms with E-state index in [1.54, 1.807) is 11.3 Å². The quantitative estimate of drug-likeness (QED) is 0.611. The van der Waals surface area contributed by atoms with Gasteiger partial charge in [-0.3, -0.25) is 9.69 Å². The average Bonchev–Trinajstić information content (AvgIpc) is 3.23. The van der Waals surface area contributed by atoms with E-state index in [1.807, 2.05) is 30.3 Å². The van der Waals surface area contributed by atoms with Gasteiger partial charge in [0.15, 0.2) is 0 Å². The molecule has 0 aliphatic carbocycles. The lowest BCUT2D eigenvalue weighted by Crippen LogP contribution is -2.37. The summed E-state index contributed by atoms with van der Waals surface area (Å²) in [6.07, 6.45) is 2.85. The molecule has 2 aromatic carbocycles. The number of carbonyl (C=O) groups excluding carboxylic acids is 1. The summed E-state index contributed by atoms with van der Waals surface area (Å²) in [4.78, 5) is 19.7. The van der Waals surface area contributed by atoms with Gasteiger partial charge in [-0.25, -0.2) is 4.98 Å². The highest BCUT2D eigenvalue weighted by Gasteiger charge is 2.25. The molecule has 1 fully saturated rings. The number of rotatable bonds is 6. The maximum absolute atomic E-state index is 12.5. The lowest BCUT2D eigenvalue weighted by molar-refractivity contribution is -0.121. The Kier molecular flexibility index (Phi) is 6.37. The van der Waals surface area contributed by atoms with Crippen LogP contribution in [0.3, 0.4) is 0 Å². The summed E-state index contributed by atoms with van der Waals surface area (Å²) < 4.78 is 0. The molecule has 0 spiro atoms. The van der Waals surface area contributed by atoms with Crippen LogP contribution in [0.5, 0.6) is 0 Å². The predicted molar refractivity (Wildman–Crippen MR) is 120 cm³/mol. The number of aryl methyl sites for hydroxylation is 1. The number of carbonyl (C=O) groups is 1. The van der Waals surface area contributed by atoms with E-state index in [4.69, 9.17) is 4.98 Å². The molecule has 5 heteroatoms. The van der Waals surface area contributed by atoms with Crippen LogP contribution >= 0.6 is 11.3 Å². The molecule has 1 aliphatic heterocycles. The van der Waals surface area contributed by atoms with Crippen molar-refractivity contribution in [3.8, 4) is 10.6 Å². The SMILES string of the molecule is CCc1ccc(-c2nc(CN3CCC(C(=O)Nc4ccccc4)CC3)cs2)cc1. The molecule has 4 nitrogen and oxygen atoms in total. The van der Waals surface area contributed by atoms with Crippen molar-refractivity contribution in [1.29, 1.82) is 0 Å². The summed E-state index contributed by atoms with van der Waals surface area (Å²) in [5.41, 5.74) is 4.54. The highest BCUT2D eigenvalue weighted by Crippen LogP contribution is 2.26. The largest absolute Gasteiger partial charge is 0.326 e. The van der Waals surface area contributed by atoms with Gasteiger partial charge in [0.25, 0.3) is 0 Å². The van der Waals surface area contributed by atoms with Gasteiger partial charge in [-0.15, -0.1) is 11.3 Å².